The van der Waals surface area contributed by atoms with Gasteiger partial charge < -0.3 is 20.4 Å². The van der Waals surface area contributed by atoms with Crippen molar-refractivity contribution in [1.29, 1.82) is 0 Å². The van der Waals surface area contributed by atoms with E-state index in [1.54, 1.807) is 0 Å². The average molecular weight is 295 g/mol. The lowest BCUT2D eigenvalue weighted by atomic mass is 10.2. The molecule has 1 amide bonds. The first-order chi connectivity index (χ1) is 10.1. The van der Waals surface area contributed by atoms with Gasteiger partial charge in [0.2, 0.25) is 11.8 Å². The van der Waals surface area contributed by atoms with E-state index < -0.39 is 0 Å². The van der Waals surface area contributed by atoms with E-state index in [0.717, 1.165) is 38.6 Å². The minimum atomic E-state index is -0.376. The highest BCUT2D eigenvalue weighted by atomic mass is 16.4. The number of nitrogens with one attached hydrogen (secondary N) is 1. The lowest BCUT2D eigenvalue weighted by Gasteiger charge is -2.25. The third kappa shape index (κ3) is 4.17. The molecule has 0 aliphatic heterocycles. The molecule has 1 fully saturated rings. The number of hydrogen-bond acceptors (Lipinski definition) is 6. The third-order valence-corrected chi connectivity index (χ3v) is 3.84. The van der Waals surface area contributed by atoms with Gasteiger partial charge in [0.25, 0.3) is 0 Å². The van der Waals surface area contributed by atoms with Gasteiger partial charge in [0.05, 0.1) is 6.04 Å². The van der Waals surface area contributed by atoms with Gasteiger partial charge in [-0.3, -0.25) is 4.79 Å². The van der Waals surface area contributed by atoms with Crippen LogP contribution in [0.2, 0.25) is 0 Å². The van der Waals surface area contributed by atoms with Crippen LogP contribution >= 0.6 is 0 Å². The number of hydrogen-bond donors (Lipinski definition) is 2. The number of nitrogens with two attached hydrogens (primary N) is 1. The molecular weight excluding hydrogens is 270 g/mol. The van der Waals surface area contributed by atoms with Crippen LogP contribution < -0.4 is 16.0 Å². The molecule has 2 rings (SSSR count). The fraction of sp³-hybridized carbons (Fsp3) is 0.786. The molecule has 1 atom stereocenters. The van der Waals surface area contributed by atoms with E-state index in [2.05, 4.69) is 22.4 Å². The number of amides is 1. The standard InChI is InChI=1S/C14H25N5O2/c1-3-8-16-10(2)13-17-18-14(21-13)19(9-12(15)20)11-6-4-5-7-11/h10-11,16H,3-9H2,1-2H3,(H2,15,20). The van der Waals surface area contributed by atoms with Crippen LogP contribution in [0.25, 0.3) is 0 Å². The van der Waals surface area contributed by atoms with Crippen molar-refractivity contribution in [3.8, 4) is 0 Å². The van der Waals surface area contributed by atoms with Crippen LogP contribution in [0.15, 0.2) is 4.42 Å². The highest BCUT2D eigenvalue weighted by Gasteiger charge is 2.28. The van der Waals surface area contributed by atoms with E-state index >= 15 is 0 Å². The van der Waals surface area contributed by atoms with Crippen molar-refractivity contribution in [3.63, 3.8) is 0 Å². The Morgan fingerprint density at radius 2 is 2.19 bits per heavy atom. The molecule has 21 heavy (non-hydrogen) atoms. The van der Waals surface area contributed by atoms with E-state index in [1.165, 1.54) is 0 Å². The maximum atomic E-state index is 11.3. The molecule has 1 aromatic rings. The molecule has 0 aromatic carbocycles. The van der Waals surface area contributed by atoms with E-state index in [1.807, 2.05) is 11.8 Å². The minimum absolute atomic E-state index is 0.00482. The summed E-state index contributed by atoms with van der Waals surface area (Å²) in [6.45, 7) is 5.12. The molecule has 0 spiro atoms. The second kappa shape index (κ2) is 7.40. The Labute approximate surface area is 125 Å². The van der Waals surface area contributed by atoms with Gasteiger partial charge in [0.15, 0.2) is 0 Å². The Morgan fingerprint density at radius 3 is 2.81 bits per heavy atom. The van der Waals surface area contributed by atoms with Crippen LogP contribution in [0, 0.1) is 0 Å². The number of aromatic nitrogens is 2. The number of primary amides is 1. The second-order valence-corrected chi connectivity index (χ2v) is 5.63. The monoisotopic (exact) mass is 295 g/mol. The van der Waals surface area contributed by atoms with E-state index in [4.69, 9.17) is 10.2 Å². The first-order valence-electron chi connectivity index (χ1n) is 7.73. The SMILES string of the molecule is CCCNC(C)c1nnc(N(CC(N)=O)C2CCCC2)o1. The Kier molecular flexibility index (Phi) is 5.55. The van der Waals surface area contributed by atoms with Crippen molar-refractivity contribution in [1.82, 2.24) is 15.5 Å². The van der Waals surface area contributed by atoms with E-state index in [0.29, 0.717) is 11.9 Å². The van der Waals surface area contributed by atoms with Gasteiger partial charge in [0.1, 0.15) is 6.54 Å². The Hall–Kier alpha value is -1.63. The molecule has 118 valence electrons. The number of carbonyl (C=O) groups is 1. The first-order valence-corrected chi connectivity index (χ1v) is 7.73. The molecule has 3 N–H and O–H groups in total. The molecular formula is C14H25N5O2. The van der Waals surface area contributed by atoms with Crippen molar-refractivity contribution in [2.24, 2.45) is 5.73 Å². The van der Waals surface area contributed by atoms with Crippen LogP contribution in [0.5, 0.6) is 0 Å². The Bertz CT molecular complexity index is 456. The Balaban J connectivity index is 2.09. The molecule has 1 saturated carbocycles. The zero-order valence-electron chi connectivity index (χ0n) is 12.8. The number of rotatable bonds is 8. The molecule has 0 radical (unpaired) electrons. The summed E-state index contributed by atoms with van der Waals surface area (Å²) < 4.78 is 5.75. The van der Waals surface area contributed by atoms with Gasteiger partial charge in [-0.1, -0.05) is 24.9 Å². The van der Waals surface area contributed by atoms with E-state index in [9.17, 15) is 4.79 Å². The molecule has 1 aliphatic carbocycles. The molecule has 1 heterocycles. The summed E-state index contributed by atoms with van der Waals surface area (Å²) in [5, 5.41) is 11.5. The number of anilines is 1. The average Bonchev–Trinajstić information content (AvgIpc) is 3.12. The van der Waals surface area contributed by atoms with Gasteiger partial charge in [-0.15, -0.1) is 5.10 Å². The fourth-order valence-electron chi connectivity index (χ4n) is 2.70. The predicted molar refractivity (Wildman–Crippen MR) is 79.8 cm³/mol. The van der Waals surface area contributed by atoms with Crippen LogP contribution in [-0.2, 0) is 4.79 Å². The van der Waals surface area contributed by atoms with Crippen LogP contribution in [-0.4, -0.2) is 35.2 Å². The van der Waals surface area contributed by atoms with Crippen molar-refractivity contribution in [3.05, 3.63) is 5.89 Å². The molecule has 7 heteroatoms. The van der Waals surface area contributed by atoms with Crippen molar-refractivity contribution in [2.75, 3.05) is 18.0 Å². The van der Waals surface area contributed by atoms with Crippen molar-refractivity contribution >= 4 is 11.9 Å². The highest BCUT2D eigenvalue weighted by molar-refractivity contribution is 5.78. The van der Waals surface area contributed by atoms with Gasteiger partial charge in [0, 0.05) is 6.04 Å². The predicted octanol–water partition coefficient (Wildman–Crippen LogP) is 1.36. The number of carbonyl (C=O) groups excluding carboxylic acids is 1. The first kappa shape index (κ1) is 15.8. The molecule has 1 aliphatic rings. The van der Waals surface area contributed by atoms with Gasteiger partial charge in [-0.25, -0.2) is 0 Å². The zero-order chi connectivity index (χ0) is 15.2. The third-order valence-electron chi connectivity index (χ3n) is 3.84. The van der Waals surface area contributed by atoms with Gasteiger partial charge >= 0.3 is 6.01 Å². The quantitative estimate of drug-likeness (QED) is 0.751. The summed E-state index contributed by atoms with van der Waals surface area (Å²) >= 11 is 0. The van der Waals surface area contributed by atoms with E-state index in [-0.39, 0.29) is 24.5 Å². The Morgan fingerprint density at radius 1 is 1.48 bits per heavy atom. The molecule has 1 unspecified atom stereocenters. The summed E-state index contributed by atoms with van der Waals surface area (Å²) in [7, 11) is 0. The lowest BCUT2D eigenvalue weighted by Crippen LogP contribution is -2.40. The van der Waals surface area contributed by atoms with Crippen molar-refractivity contribution in [2.45, 2.75) is 58.0 Å². The molecule has 0 saturated heterocycles. The molecule has 0 bridgehead atoms. The minimum Gasteiger partial charge on any atom is -0.406 e. The van der Waals surface area contributed by atoms with Crippen molar-refractivity contribution < 1.29 is 9.21 Å². The van der Waals surface area contributed by atoms with Crippen LogP contribution in [0.1, 0.15) is 57.9 Å². The van der Waals surface area contributed by atoms with Gasteiger partial charge in [-0.05, 0) is 32.7 Å². The second-order valence-electron chi connectivity index (χ2n) is 5.63. The zero-order valence-corrected chi connectivity index (χ0v) is 12.8. The van der Waals surface area contributed by atoms with Gasteiger partial charge in [-0.2, -0.15) is 0 Å². The topological polar surface area (TPSA) is 97.3 Å². The highest BCUT2D eigenvalue weighted by Crippen LogP contribution is 2.28. The summed E-state index contributed by atoms with van der Waals surface area (Å²) in [5.74, 6) is 0.171. The smallest absolute Gasteiger partial charge is 0.318 e. The lowest BCUT2D eigenvalue weighted by molar-refractivity contribution is -0.116. The summed E-state index contributed by atoms with van der Waals surface area (Å²) in [6.07, 6.45) is 5.44. The fourth-order valence-corrected chi connectivity index (χ4v) is 2.70. The summed E-state index contributed by atoms with van der Waals surface area (Å²) in [4.78, 5) is 13.2. The molecule has 7 nitrogen and oxygen atoms in total. The summed E-state index contributed by atoms with van der Waals surface area (Å²) in [6, 6.07) is 0.677. The number of nitrogens with zero attached hydrogens (tertiary/aromatic N) is 3. The maximum absolute atomic E-state index is 11.3. The normalized spacial score (nSPS) is 17.0. The molecule has 1 aromatic heterocycles. The largest absolute Gasteiger partial charge is 0.406 e. The maximum Gasteiger partial charge on any atom is 0.318 e. The van der Waals surface area contributed by atoms with Crippen LogP contribution in [0.3, 0.4) is 0 Å². The van der Waals surface area contributed by atoms with Crippen LogP contribution in [0.4, 0.5) is 6.01 Å². The summed E-state index contributed by atoms with van der Waals surface area (Å²) in [5.41, 5.74) is 5.35.